The van der Waals surface area contributed by atoms with E-state index >= 15 is 0 Å². The molecule has 1 aliphatic carbocycles. The Kier molecular flexibility index (Phi) is 7.47. The molecule has 2 aromatic carbocycles. The number of hydrogen-bond donors (Lipinski definition) is 2. The van der Waals surface area contributed by atoms with Crippen molar-refractivity contribution >= 4 is 10.0 Å². The van der Waals surface area contributed by atoms with Gasteiger partial charge in [0.2, 0.25) is 10.0 Å². The van der Waals surface area contributed by atoms with Crippen LogP contribution in [0.15, 0.2) is 47.4 Å². The lowest BCUT2D eigenvalue weighted by atomic mass is 10.1. The first-order valence-corrected chi connectivity index (χ1v) is 10.4. The molecular weight excluding hydrogens is 372 g/mol. The lowest BCUT2D eigenvalue weighted by Gasteiger charge is -2.13. The van der Waals surface area contributed by atoms with Crippen molar-refractivity contribution in [2.24, 2.45) is 0 Å². The first kappa shape index (κ1) is 21.5. The number of hydrogen-bond acceptors (Lipinski definition) is 3. The summed E-state index contributed by atoms with van der Waals surface area (Å²) in [5.74, 6) is -1.32. The molecule has 1 saturated carbocycles. The normalized spacial score (nSPS) is 14.9. The number of aliphatic hydroxyl groups is 1. The molecule has 7 heteroatoms. The predicted octanol–water partition coefficient (Wildman–Crippen LogP) is 4.24. The fourth-order valence-corrected chi connectivity index (χ4v) is 4.17. The van der Waals surface area contributed by atoms with Crippen LogP contribution >= 0.6 is 0 Å². The second kappa shape index (κ2) is 9.39. The topological polar surface area (TPSA) is 66.4 Å². The van der Waals surface area contributed by atoms with Gasteiger partial charge in [-0.2, -0.15) is 0 Å². The molecule has 1 aliphatic rings. The number of aliphatic hydroxyl groups excluding tert-OH is 1. The van der Waals surface area contributed by atoms with E-state index in [1.54, 1.807) is 13.8 Å². The van der Waals surface area contributed by atoms with Gasteiger partial charge in [0, 0.05) is 23.8 Å². The molecule has 0 atom stereocenters. The molecular formula is C20H25F2NO3S. The van der Waals surface area contributed by atoms with Crippen molar-refractivity contribution < 1.29 is 22.3 Å². The van der Waals surface area contributed by atoms with E-state index in [-0.39, 0.29) is 22.6 Å². The summed E-state index contributed by atoms with van der Waals surface area (Å²) in [5, 5.41) is 8.06. The second-order valence-corrected chi connectivity index (χ2v) is 8.56. The van der Waals surface area contributed by atoms with E-state index in [0.29, 0.717) is 5.56 Å². The average molecular weight is 397 g/mol. The lowest BCUT2D eigenvalue weighted by molar-refractivity contribution is 0.216. The van der Waals surface area contributed by atoms with Gasteiger partial charge >= 0.3 is 0 Å². The zero-order valence-electron chi connectivity index (χ0n) is 15.5. The van der Waals surface area contributed by atoms with Crippen LogP contribution in [0.4, 0.5) is 8.78 Å². The van der Waals surface area contributed by atoms with Crippen LogP contribution in [-0.4, -0.2) is 25.7 Å². The maximum Gasteiger partial charge on any atom is 0.240 e. The minimum atomic E-state index is -3.56. The molecule has 0 aromatic heterocycles. The van der Waals surface area contributed by atoms with Crippen molar-refractivity contribution in [2.75, 3.05) is 0 Å². The minimum Gasteiger partial charge on any atom is -0.394 e. The van der Waals surface area contributed by atoms with Crippen LogP contribution in [0.25, 0.3) is 11.1 Å². The number of benzene rings is 2. The molecule has 0 saturated heterocycles. The first-order valence-electron chi connectivity index (χ1n) is 8.95. The van der Waals surface area contributed by atoms with Crippen molar-refractivity contribution in [3.8, 4) is 11.1 Å². The van der Waals surface area contributed by atoms with E-state index in [1.165, 1.54) is 36.4 Å². The van der Waals surface area contributed by atoms with Gasteiger partial charge in [-0.3, -0.25) is 0 Å². The largest absolute Gasteiger partial charge is 0.394 e. The van der Waals surface area contributed by atoms with Gasteiger partial charge in [-0.05, 0) is 56.5 Å². The second-order valence-electron chi connectivity index (χ2n) is 6.84. The zero-order valence-corrected chi connectivity index (χ0v) is 16.3. The van der Waals surface area contributed by atoms with Crippen molar-refractivity contribution in [1.29, 1.82) is 0 Å². The van der Waals surface area contributed by atoms with Crippen molar-refractivity contribution in [3.05, 3.63) is 54.1 Å². The molecule has 148 valence electrons. The standard InChI is InChI=1S/C17H17F2NO2S.C3H8O/c18-13-7-10-16(17(19)11-13)12-5-8-15(9-6-12)23(21,22)20-14-3-1-2-4-14;1-3(2)4/h5-11,14,20H,1-4H2;3-4H,1-2H3. The average Bonchev–Trinajstić information content (AvgIpc) is 3.07. The summed E-state index contributed by atoms with van der Waals surface area (Å²) in [6.45, 7) is 3.44. The molecule has 4 nitrogen and oxygen atoms in total. The maximum atomic E-state index is 13.8. The highest BCUT2D eigenvalue weighted by atomic mass is 32.2. The molecule has 0 heterocycles. The quantitative estimate of drug-likeness (QED) is 0.811. The van der Waals surface area contributed by atoms with Gasteiger partial charge in [0.1, 0.15) is 11.6 Å². The van der Waals surface area contributed by atoms with Crippen LogP contribution in [0.5, 0.6) is 0 Å². The van der Waals surface area contributed by atoms with Crippen LogP contribution in [0.1, 0.15) is 39.5 Å². The van der Waals surface area contributed by atoms with Crippen molar-refractivity contribution in [3.63, 3.8) is 0 Å². The van der Waals surface area contributed by atoms with Crippen LogP contribution < -0.4 is 4.72 Å². The van der Waals surface area contributed by atoms with E-state index in [9.17, 15) is 17.2 Å². The Hall–Kier alpha value is -1.83. The van der Waals surface area contributed by atoms with E-state index < -0.39 is 21.7 Å². The summed E-state index contributed by atoms with van der Waals surface area (Å²) in [7, 11) is -3.56. The smallest absolute Gasteiger partial charge is 0.240 e. The Morgan fingerprint density at radius 3 is 2.11 bits per heavy atom. The van der Waals surface area contributed by atoms with Crippen LogP contribution in [-0.2, 0) is 10.0 Å². The van der Waals surface area contributed by atoms with E-state index in [1.807, 2.05) is 0 Å². The first-order chi connectivity index (χ1) is 12.7. The molecule has 0 amide bonds. The molecule has 2 N–H and O–H groups in total. The fraction of sp³-hybridized carbons (Fsp3) is 0.400. The summed E-state index contributed by atoms with van der Waals surface area (Å²) in [4.78, 5) is 0.149. The zero-order chi connectivity index (χ0) is 20.0. The summed E-state index contributed by atoms with van der Waals surface area (Å²) in [6, 6.07) is 9.25. The Balaban J connectivity index is 0.000000596. The highest BCUT2D eigenvalue weighted by Gasteiger charge is 2.22. The molecule has 3 rings (SSSR count). The summed E-state index contributed by atoms with van der Waals surface area (Å²) < 4.78 is 54.0. The van der Waals surface area contributed by atoms with Gasteiger partial charge in [0.15, 0.2) is 0 Å². The van der Waals surface area contributed by atoms with Crippen LogP contribution in [0, 0.1) is 11.6 Å². The maximum absolute atomic E-state index is 13.8. The predicted molar refractivity (Wildman–Crippen MR) is 102 cm³/mol. The third-order valence-electron chi connectivity index (χ3n) is 4.08. The molecule has 0 bridgehead atoms. The van der Waals surface area contributed by atoms with Crippen LogP contribution in [0.3, 0.4) is 0 Å². The van der Waals surface area contributed by atoms with Gasteiger partial charge in [-0.1, -0.05) is 25.0 Å². The number of sulfonamides is 1. The van der Waals surface area contributed by atoms with E-state index in [0.717, 1.165) is 31.7 Å². The number of halogens is 2. The van der Waals surface area contributed by atoms with Gasteiger partial charge in [-0.25, -0.2) is 21.9 Å². The third-order valence-corrected chi connectivity index (χ3v) is 5.62. The lowest BCUT2D eigenvalue weighted by Crippen LogP contribution is -2.32. The Morgan fingerprint density at radius 1 is 1.04 bits per heavy atom. The molecule has 1 fully saturated rings. The minimum absolute atomic E-state index is 0.00535. The van der Waals surface area contributed by atoms with Gasteiger partial charge < -0.3 is 5.11 Å². The summed E-state index contributed by atoms with van der Waals surface area (Å²) in [5.41, 5.74) is 0.737. The molecule has 0 unspecified atom stereocenters. The van der Waals surface area contributed by atoms with Gasteiger partial charge in [-0.15, -0.1) is 0 Å². The molecule has 2 aromatic rings. The third kappa shape index (κ3) is 6.37. The number of rotatable bonds is 4. The van der Waals surface area contributed by atoms with Crippen molar-refractivity contribution in [1.82, 2.24) is 4.72 Å². The van der Waals surface area contributed by atoms with Gasteiger partial charge in [0.25, 0.3) is 0 Å². The monoisotopic (exact) mass is 397 g/mol. The van der Waals surface area contributed by atoms with Gasteiger partial charge in [0.05, 0.1) is 4.90 Å². The molecule has 0 aliphatic heterocycles. The summed E-state index contributed by atoms with van der Waals surface area (Å²) in [6.07, 6.45) is 3.63. The highest BCUT2D eigenvalue weighted by molar-refractivity contribution is 7.89. The summed E-state index contributed by atoms with van der Waals surface area (Å²) >= 11 is 0. The molecule has 27 heavy (non-hydrogen) atoms. The molecule has 0 spiro atoms. The Labute approximate surface area is 159 Å². The SMILES string of the molecule is CC(C)O.O=S(=O)(NC1CCCC1)c1ccc(-c2ccc(F)cc2F)cc1. The van der Waals surface area contributed by atoms with E-state index in [2.05, 4.69) is 4.72 Å². The van der Waals surface area contributed by atoms with Crippen molar-refractivity contribution in [2.45, 2.75) is 56.6 Å². The number of nitrogens with one attached hydrogen (secondary N) is 1. The highest BCUT2D eigenvalue weighted by Crippen LogP contribution is 2.25. The Morgan fingerprint density at radius 2 is 1.59 bits per heavy atom. The Bertz CT molecular complexity index is 843. The van der Waals surface area contributed by atoms with Crippen LogP contribution in [0.2, 0.25) is 0 Å². The fourth-order valence-electron chi connectivity index (χ4n) is 2.87. The van der Waals surface area contributed by atoms with E-state index in [4.69, 9.17) is 5.11 Å². The molecule has 0 radical (unpaired) electrons.